The van der Waals surface area contributed by atoms with Gasteiger partial charge in [0.25, 0.3) is 0 Å². The fourth-order valence-electron chi connectivity index (χ4n) is 2.36. The normalized spacial score (nSPS) is 13.6. The molecule has 0 spiro atoms. The molecule has 2 N–H and O–H groups in total. The number of aromatic nitrogens is 3. The number of aromatic amines is 1. The van der Waals surface area contributed by atoms with Gasteiger partial charge in [-0.3, -0.25) is 5.10 Å². The molecule has 7 heteroatoms. The molecule has 0 aliphatic carbocycles. The Bertz CT molecular complexity index is 846. The summed E-state index contributed by atoms with van der Waals surface area (Å²) in [5.41, 5.74) is 2.22. The van der Waals surface area contributed by atoms with Crippen LogP contribution in [0.25, 0.3) is 22.3 Å². The Kier molecular flexibility index (Phi) is 2.53. The number of halogens is 2. The molecule has 1 aliphatic heterocycles. The van der Waals surface area contributed by atoms with Crippen LogP contribution in [0.15, 0.2) is 24.3 Å². The predicted molar refractivity (Wildman–Crippen MR) is 73.2 cm³/mol. The van der Waals surface area contributed by atoms with E-state index in [4.69, 9.17) is 4.74 Å². The summed E-state index contributed by atoms with van der Waals surface area (Å²) >= 11 is 0. The molecule has 106 valence electrons. The highest BCUT2D eigenvalue weighted by atomic mass is 19.2. The summed E-state index contributed by atoms with van der Waals surface area (Å²) in [5, 5.41) is 10.4. The van der Waals surface area contributed by atoms with Gasteiger partial charge in [-0.1, -0.05) is 0 Å². The lowest BCUT2D eigenvalue weighted by molar-refractivity contribution is 0.311. The zero-order chi connectivity index (χ0) is 14.4. The summed E-state index contributed by atoms with van der Waals surface area (Å²) in [6.45, 7) is 1.26. The van der Waals surface area contributed by atoms with Crippen molar-refractivity contribution in [2.75, 3.05) is 18.5 Å². The molecule has 0 atom stereocenters. The van der Waals surface area contributed by atoms with Crippen molar-refractivity contribution in [1.29, 1.82) is 0 Å². The minimum Gasteiger partial charge on any atom is -0.474 e. The van der Waals surface area contributed by atoms with Crippen molar-refractivity contribution in [2.45, 2.75) is 0 Å². The maximum absolute atomic E-state index is 13.4. The van der Waals surface area contributed by atoms with E-state index in [0.29, 0.717) is 34.8 Å². The highest BCUT2D eigenvalue weighted by Gasteiger charge is 2.17. The largest absolute Gasteiger partial charge is 0.474 e. The number of anilines is 1. The molecule has 2 aromatic heterocycles. The third-order valence-corrected chi connectivity index (χ3v) is 3.36. The zero-order valence-corrected chi connectivity index (χ0v) is 10.8. The molecule has 1 aliphatic rings. The Morgan fingerprint density at radius 3 is 2.90 bits per heavy atom. The number of H-pyrrole nitrogens is 1. The molecule has 0 amide bonds. The maximum atomic E-state index is 13.4. The van der Waals surface area contributed by atoms with Gasteiger partial charge in [-0.25, -0.2) is 13.8 Å². The Hall–Kier alpha value is -2.70. The lowest BCUT2D eigenvalue weighted by Gasteiger charge is -2.18. The fraction of sp³-hybridized carbons (Fsp3) is 0.143. The van der Waals surface area contributed by atoms with E-state index in [-0.39, 0.29) is 0 Å². The Morgan fingerprint density at radius 2 is 2.00 bits per heavy atom. The first-order chi connectivity index (χ1) is 10.2. The quantitative estimate of drug-likeness (QED) is 0.722. The van der Waals surface area contributed by atoms with Crippen molar-refractivity contribution in [3.05, 3.63) is 35.9 Å². The average molecular weight is 288 g/mol. The minimum absolute atomic E-state index is 0.419. The number of benzene rings is 1. The number of nitrogens with zero attached hydrogens (tertiary/aromatic N) is 2. The number of pyridine rings is 1. The molecule has 0 bridgehead atoms. The van der Waals surface area contributed by atoms with Crippen molar-refractivity contribution in [3.63, 3.8) is 0 Å². The lowest BCUT2D eigenvalue weighted by atomic mass is 10.1. The molecule has 3 aromatic rings. The van der Waals surface area contributed by atoms with E-state index < -0.39 is 11.6 Å². The number of hydrogen-bond donors (Lipinski definition) is 2. The molecule has 0 radical (unpaired) electrons. The van der Waals surface area contributed by atoms with E-state index >= 15 is 0 Å². The summed E-state index contributed by atoms with van der Waals surface area (Å²) in [6.07, 6.45) is 0. The van der Waals surface area contributed by atoms with E-state index in [2.05, 4.69) is 20.5 Å². The second kappa shape index (κ2) is 4.41. The van der Waals surface area contributed by atoms with Gasteiger partial charge in [-0.2, -0.15) is 5.10 Å². The van der Waals surface area contributed by atoms with Gasteiger partial charge in [0, 0.05) is 18.0 Å². The van der Waals surface area contributed by atoms with Gasteiger partial charge >= 0.3 is 0 Å². The Labute approximate surface area is 118 Å². The number of ether oxygens (including phenoxy) is 1. The third kappa shape index (κ3) is 1.89. The zero-order valence-electron chi connectivity index (χ0n) is 10.8. The van der Waals surface area contributed by atoms with Crippen LogP contribution in [0.1, 0.15) is 0 Å². The molecule has 0 saturated carbocycles. The third-order valence-electron chi connectivity index (χ3n) is 3.36. The van der Waals surface area contributed by atoms with E-state index in [9.17, 15) is 8.78 Å². The van der Waals surface area contributed by atoms with Gasteiger partial charge in [0.05, 0.1) is 16.9 Å². The van der Waals surface area contributed by atoms with Crippen molar-refractivity contribution in [3.8, 4) is 17.3 Å². The second-order valence-electron chi connectivity index (χ2n) is 4.71. The summed E-state index contributed by atoms with van der Waals surface area (Å²) in [6, 6.07) is 5.79. The van der Waals surface area contributed by atoms with Crippen LogP contribution in [0.4, 0.5) is 14.5 Å². The van der Waals surface area contributed by atoms with E-state index in [1.54, 1.807) is 6.07 Å². The Balaban J connectivity index is 1.88. The summed E-state index contributed by atoms with van der Waals surface area (Å²) in [4.78, 5) is 4.37. The summed E-state index contributed by atoms with van der Waals surface area (Å²) in [5.74, 6) is -1.35. The van der Waals surface area contributed by atoms with Gasteiger partial charge in [-0.15, -0.1) is 0 Å². The molecular formula is C14H10F2N4O. The van der Waals surface area contributed by atoms with Crippen molar-refractivity contribution >= 4 is 16.6 Å². The topological polar surface area (TPSA) is 62.8 Å². The van der Waals surface area contributed by atoms with Crippen molar-refractivity contribution in [1.82, 2.24) is 15.2 Å². The van der Waals surface area contributed by atoms with Gasteiger partial charge in [0.15, 0.2) is 11.6 Å². The van der Waals surface area contributed by atoms with E-state index in [1.807, 2.05) is 6.07 Å². The van der Waals surface area contributed by atoms with Crippen LogP contribution in [0.5, 0.6) is 5.88 Å². The Morgan fingerprint density at radius 1 is 1.14 bits per heavy atom. The first-order valence-corrected chi connectivity index (χ1v) is 6.43. The smallest absolute Gasteiger partial charge is 0.238 e. The minimum atomic E-state index is -0.916. The van der Waals surface area contributed by atoms with Crippen LogP contribution >= 0.6 is 0 Å². The first kappa shape index (κ1) is 12.1. The SMILES string of the molecule is Fc1cc2[nH]nc(-c3ccc4c(n3)OCCN4)c2cc1F. The molecule has 21 heavy (non-hydrogen) atoms. The van der Waals surface area contributed by atoms with Crippen LogP contribution in [0, 0.1) is 11.6 Å². The predicted octanol–water partition coefficient (Wildman–Crippen LogP) is 2.71. The van der Waals surface area contributed by atoms with Gasteiger partial charge in [-0.05, 0) is 18.2 Å². The van der Waals surface area contributed by atoms with Crippen LogP contribution in [-0.4, -0.2) is 28.3 Å². The van der Waals surface area contributed by atoms with Crippen LogP contribution in [0.3, 0.4) is 0 Å². The molecule has 0 unspecified atom stereocenters. The second-order valence-corrected chi connectivity index (χ2v) is 4.71. The molecule has 0 fully saturated rings. The molecule has 3 heterocycles. The molecule has 1 aromatic carbocycles. The molecule has 4 rings (SSSR count). The van der Waals surface area contributed by atoms with E-state index in [0.717, 1.165) is 24.4 Å². The number of nitrogens with one attached hydrogen (secondary N) is 2. The van der Waals surface area contributed by atoms with Gasteiger partial charge < -0.3 is 10.1 Å². The number of fused-ring (bicyclic) bond motifs is 2. The monoisotopic (exact) mass is 288 g/mol. The standard InChI is InChI=1S/C14H10F2N4O/c15-8-5-7-12(6-9(8)16)19-20-13(7)10-1-2-11-14(18-10)21-4-3-17-11/h1-2,5-6,17H,3-4H2,(H,19,20). The number of rotatable bonds is 1. The van der Waals surface area contributed by atoms with Crippen molar-refractivity contribution < 1.29 is 13.5 Å². The molecule has 0 saturated heterocycles. The fourth-order valence-corrected chi connectivity index (χ4v) is 2.36. The van der Waals surface area contributed by atoms with Crippen LogP contribution in [0.2, 0.25) is 0 Å². The summed E-state index contributed by atoms with van der Waals surface area (Å²) in [7, 11) is 0. The maximum Gasteiger partial charge on any atom is 0.238 e. The molecular weight excluding hydrogens is 278 g/mol. The van der Waals surface area contributed by atoms with Gasteiger partial charge in [0.1, 0.15) is 12.3 Å². The first-order valence-electron chi connectivity index (χ1n) is 6.43. The highest BCUT2D eigenvalue weighted by Crippen LogP contribution is 2.31. The van der Waals surface area contributed by atoms with Gasteiger partial charge in [0.2, 0.25) is 5.88 Å². The average Bonchev–Trinajstić information content (AvgIpc) is 2.90. The number of hydrogen-bond acceptors (Lipinski definition) is 4. The highest BCUT2D eigenvalue weighted by molar-refractivity contribution is 5.92. The van der Waals surface area contributed by atoms with Crippen LogP contribution < -0.4 is 10.1 Å². The molecule has 5 nitrogen and oxygen atoms in total. The van der Waals surface area contributed by atoms with Crippen molar-refractivity contribution in [2.24, 2.45) is 0 Å². The lowest BCUT2D eigenvalue weighted by Crippen LogP contribution is -2.18. The van der Waals surface area contributed by atoms with Crippen LogP contribution in [-0.2, 0) is 0 Å². The summed E-state index contributed by atoms with van der Waals surface area (Å²) < 4.78 is 32.1. The van der Waals surface area contributed by atoms with E-state index in [1.165, 1.54) is 0 Å².